The van der Waals surface area contributed by atoms with Gasteiger partial charge in [-0.2, -0.15) is 0 Å². The number of benzene rings is 1. The van der Waals surface area contributed by atoms with Crippen LogP contribution in [-0.2, 0) is 0 Å². The molecule has 128 valence electrons. The van der Waals surface area contributed by atoms with Gasteiger partial charge in [0.25, 0.3) is 5.91 Å². The number of aromatic nitrogens is 1. The Balaban J connectivity index is 1.82. The highest BCUT2D eigenvalue weighted by Gasteiger charge is 2.12. The number of methoxy groups -OCH3 is 1. The number of ether oxygens (including phenoxy) is 2. The van der Waals surface area contributed by atoms with Gasteiger partial charge in [0.1, 0.15) is 23.9 Å². The number of nitrogens with zero attached hydrogens (tertiary/aromatic N) is 1. The van der Waals surface area contributed by atoms with E-state index in [9.17, 15) is 4.79 Å². The van der Waals surface area contributed by atoms with Crippen LogP contribution in [0.15, 0.2) is 42.6 Å². The van der Waals surface area contributed by atoms with Gasteiger partial charge >= 0.3 is 0 Å². The molecule has 0 saturated carbocycles. The van der Waals surface area contributed by atoms with Crippen LogP contribution in [0.5, 0.6) is 11.5 Å². The first kappa shape index (κ1) is 17.6. The second-order valence-corrected chi connectivity index (χ2v) is 5.48. The molecule has 0 aliphatic carbocycles. The van der Waals surface area contributed by atoms with Gasteiger partial charge in [0.15, 0.2) is 0 Å². The minimum Gasteiger partial charge on any atom is -0.497 e. The summed E-state index contributed by atoms with van der Waals surface area (Å²) < 4.78 is 10.7. The number of pyridine rings is 1. The maximum atomic E-state index is 12.3. The molecule has 1 aromatic heterocycles. The molecule has 2 rings (SSSR count). The molecule has 0 aliphatic rings. The molecule has 0 aliphatic heterocycles. The smallest absolute Gasteiger partial charge is 0.255 e. The lowest BCUT2D eigenvalue weighted by Gasteiger charge is -2.13. The third kappa shape index (κ3) is 5.15. The van der Waals surface area contributed by atoms with Crippen LogP contribution >= 0.6 is 0 Å². The van der Waals surface area contributed by atoms with E-state index in [4.69, 9.17) is 9.47 Å². The summed E-state index contributed by atoms with van der Waals surface area (Å²) in [4.78, 5) is 16.5. The van der Waals surface area contributed by atoms with Crippen LogP contribution in [-0.4, -0.2) is 37.2 Å². The van der Waals surface area contributed by atoms with Crippen LogP contribution in [0.2, 0.25) is 0 Å². The Morgan fingerprint density at radius 1 is 1.17 bits per heavy atom. The normalized spacial score (nSPS) is 10.3. The number of carbonyl (C=O) groups is 1. The highest BCUT2D eigenvalue weighted by atomic mass is 16.5. The molecule has 0 saturated heterocycles. The molecule has 6 nitrogen and oxygen atoms in total. The highest BCUT2D eigenvalue weighted by Crippen LogP contribution is 2.16. The lowest BCUT2D eigenvalue weighted by Crippen LogP contribution is -2.29. The van der Waals surface area contributed by atoms with E-state index >= 15 is 0 Å². The van der Waals surface area contributed by atoms with E-state index in [0.29, 0.717) is 24.5 Å². The summed E-state index contributed by atoms with van der Waals surface area (Å²) in [5, 5.41) is 6.00. The molecule has 2 aromatic rings. The molecule has 2 N–H and O–H groups in total. The molecule has 1 heterocycles. The molecule has 6 heteroatoms. The zero-order valence-electron chi connectivity index (χ0n) is 14.2. The van der Waals surface area contributed by atoms with Crippen molar-refractivity contribution in [2.75, 3.05) is 25.6 Å². The first-order valence-corrected chi connectivity index (χ1v) is 7.86. The fraction of sp³-hybridized carbons (Fsp3) is 0.333. The van der Waals surface area contributed by atoms with Gasteiger partial charge in [0, 0.05) is 12.2 Å². The number of hydrogen-bond acceptors (Lipinski definition) is 5. The van der Waals surface area contributed by atoms with Crippen LogP contribution in [0.25, 0.3) is 0 Å². The highest BCUT2D eigenvalue weighted by molar-refractivity contribution is 5.98. The van der Waals surface area contributed by atoms with Gasteiger partial charge in [-0.3, -0.25) is 4.79 Å². The molecular weight excluding hydrogens is 306 g/mol. The average Bonchev–Trinajstić information content (AvgIpc) is 2.59. The Bertz CT molecular complexity index is 657. The molecule has 0 bridgehead atoms. The summed E-state index contributed by atoms with van der Waals surface area (Å²) in [6.45, 7) is 4.78. The molecule has 1 aromatic carbocycles. The first-order valence-electron chi connectivity index (χ1n) is 7.86. The molecule has 0 atom stereocenters. The number of amides is 1. The molecule has 0 unspecified atom stereocenters. The molecular formula is C18H23N3O3. The summed E-state index contributed by atoms with van der Waals surface area (Å²) in [5.41, 5.74) is 0.524. The fourth-order valence-corrected chi connectivity index (χ4v) is 2.08. The van der Waals surface area contributed by atoms with Crippen LogP contribution in [0, 0.1) is 0 Å². The van der Waals surface area contributed by atoms with Crippen LogP contribution in [0.3, 0.4) is 0 Å². The maximum Gasteiger partial charge on any atom is 0.255 e. The Morgan fingerprint density at radius 3 is 2.54 bits per heavy atom. The lowest BCUT2D eigenvalue weighted by molar-refractivity contribution is 0.0947. The SMILES string of the molecule is COc1ccc(OCCNC(=O)c2cccnc2NC(C)C)cc1. The predicted octanol–water partition coefficient (Wildman–Crippen LogP) is 2.72. The zero-order chi connectivity index (χ0) is 17.4. The summed E-state index contributed by atoms with van der Waals surface area (Å²) in [6.07, 6.45) is 1.66. The van der Waals surface area contributed by atoms with Crippen molar-refractivity contribution < 1.29 is 14.3 Å². The van der Waals surface area contributed by atoms with Crippen LogP contribution in [0.1, 0.15) is 24.2 Å². The summed E-state index contributed by atoms with van der Waals surface area (Å²) >= 11 is 0. The monoisotopic (exact) mass is 329 g/mol. The summed E-state index contributed by atoms with van der Waals surface area (Å²) in [6, 6.07) is 11.0. The van der Waals surface area contributed by atoms with E-state index in [0.717, 1.165) is 11.5 Å². The Morgan fingerprint density at radius 2 is 1.88 bits per heavy atom. The van der Waals surface area contributed by atoms with E-state index in [-0.39, 0.29) is 11.9 Å². The van der Waals surface area contributed by atoms with Crippen molar-refractivity contribution in [2.45, 2.75) is 19.9 Å². The first-order chi connectivity index (χ1) is 11.6. The number of nitrogens with one attached hydrogen (secondary N) is 2. The fourth-order valence-electron chi connectivity index (χ4n) is 2.08. The van der Waals surface area contributed by atoms with Crippen molar-refractivity contribution in [1.82, 2.24) is 10.3 Å². The molecule has 24 heavy (non-hydrogen) atoms. The van der Waals surface area contributed by atoms with Crippen molar-refractivity contribution in [1.29, 1.82) is 0 Å². The van der Waals surface area contributed by atoms with Gasteiger partial charge in [-0.15, -0.1) is 0 Å². The Kier molecular flexibility index (Phi) is 6.42. The van der Waals surface area contributed by atoms with Crippen molar-refractivity contribution in [3.63, 3.8) is 0 Å². The largest absolute Gasteiger partial charge is 0.497 e. The number of rotatable bonds is 8. The Labute approximate surface area is 142 Å². The van der Waals surface area contributed by atoms with E-state index in [1.54, 1.807) is 25.4 Å². The maximum absolute atomic E-state index is 12.3. The van der Waals surface area contributed by atoms with Gasteiger partial charge in [-0.25, -0.2) is 4.98 Å². The minimum atomic E-state index is -0.176. The average molecular weight is 329 g/mol. The van der Waals surface area contributed by atoms with E-state index in [1.807, 2.05) is 38.1 Å². The standard InChI is InChI=1S/C18H23N3O3/c1-13(2)21-17-16(5-4-10-19-17)18(22)20-11-12-24-15-8-6-14(23-3)7-9-15/h4-10,13H,11-12H2,1-3H3,(H,19,21)(H,20,22). The molecule has 0 spiro atoms. The zero-order valence-corrected chi connectivity index (χ0v) is 14.2. The van der Waals surface area contributed by atoms with Crippen LogP contribution in [0.4, 0.5) is 5.82 Å². The topological polar surface area (TPSA) is 72.5 Å². The van der Waals surface area contributed by atoms with Crippen molar-refractivity contribution >= 4 is 11.7 Å². The quantitative estimate of drug-likeness (QED) is 0.729. The molecule has 0 radical (unpaired) electrons. The van der Waals surface area contributed by atoms with E-state index < -0.39 is 0 Å². The summed E-state index contributed by atoms with van der Waals surface area (Å²) in [5.74, 6) is 1.91. The van der Waals surface area contributed by atoms with Crippen molar-refractivity contribution in [3.05, 3.63) is 48.2 Å². The van der Waals surface area contributed by atoms with Gasteiger partial charge in [0.05, 0.1) is 19.2 Å². The lowest BCUT2D eigenvalue weighted by atomic mass is 10.2. The van der Waals surface area contributed by atoms with Gasteiger partial charge in [-0.1, -0.05) is 0 Å². The molecule has 0 fully saturated rings. The number of anilines is 1. The van der Waals surface area contributed by atoms with Gasteiger partial charge < -0.3 is 20.1 Å². The Hall–Kier alpha value is -2.76. The second-order valence-electron chi connectivity index (χ2n) is 5.48. The third-order valence-corrected chi connectivity index (χ3v) is 3.19. The van der Waals surface area contributed by atoms with E-state index in [1.165, 1.54) is 0 Å². The minimum absolute atomic E-state index is 0.176. The van der Waals surface area contributed by atoms with Crippen molar-refractivity contribution in [2.24, 2.45) is 0 Å². The second kappa shape index (κ2) is 8.76. The summed E-state index contributed by atoms with van der Waals surface area (Å²) in [7, 11) is 1.62. The molecule has 1 amide bonds. The van der Waals surface area contributed by atoms with Gasteiger partial charge in [-0.05, 0) is 50.2 Å². The van der Waals surface area contributed by atoms with E-state index in [2.05, 4.69) is 15.6 Å². The van der Waals surface area contributed by atoms with Crippen LogP contribution < -0.4 is 20.1 Å². The van der Waals surface area contributed by atoms with Gasteiger partial charge in [0.2, 0.25) is 0 Å². The van der Waals surface area contributed by atoms with Crippen molar-refractivity contribution in [3.8, 4) is 11.5 Å². The predicted molar refractivity (Wildman–Crippen MR) is 93.8 cm³/mol. The number of hydrogen-bond donors (Lipinski definition) is 2. The number of carbonyl (C=O) groups excluding carboxylic acids is 1. The third-order valence-electron chi connectivity index (χ3n) is 3.19.